The van der Waals surface area contributed by atoms with Gasteiger partial charge in [0.1, 0.15) is 7.05 Å². The zero-order valence-electron chi connectivity index (χ0n) is 5.37. The molecule has 9 heavy (non-hydrogen) atoms. The highest BCUT2D eigenvalue weighted by Gasteiger charge is 1.90. The Bertz CT molecular complexity index is 181. The van der Waals surface area contributed by atoms with Crippen molar-refractivity contribution >= 4 is 11.8 Å². The molecule has 1 aromatic rings. The van der Waals surface area contributed by atoms with Gasteiger partial charge in [0.05, 0.1) is 0 Å². The fraction of sp³-hybridized carbons (Fsp3) is 0.143. The summed E-state index contributed by atoms with van der Waals surface area (Å²) in [6.45, 7) is 0. The number of rotatable bonds is 1. The first-order valence-electron chi connectivity index (χ1n) is 2.70. The molecule has 1 nitrogen and oxygen atoms in total. The lowest BCUT2D eigenvalue weighted by atomic mass is 10.5. The first-order chi connectivity index (χ1) is 4.33. The van der Waals surface area contributed by atoms with Gasteiger partial charge in [-0.3, -0.25) is 0 Å². The molecule has 1 aromatic heterocycles. The van der Waals surface area contributed by atoms with Crippen molar-refractivity contribution in [2.24, 2.45) is 7.05 Å². The largest absolute Gasteiger partial charge is 0.208 e. The van der Waals surface area contributed by atoms with Crippen LogP contribution >= 0.6 is 11.8 Å². The molecule has 0 atom stereocenters. The van der Waals surface area contributed by atoms with E-state index >= 15 is 0 Å². The minimum absolute atomic E-state index is 1.20. The molecule has 0 amide bonds. The zero-order valence-corrected chi connectivity index (χ0v) is 6.19. The van der Waals surface area contributed by atoms with E-state index in [2.05, 4.69) is 6.26 Å². The molecule has 0 N–H and O–H groups in total. The van der Waals surface area contributed by atoms with Crippen molar-refractivity contribution in [3.05, 3.63) is 30.8 Å². The molecule has 2 heteroatoms. The molecule has 0 aliphatic carbocycles. The molecule has 47 valence electrons. The van der Waals surface area contributed by atoms with Crippen molar-refractivity contribution in [3.8, 4) is 0 Å². The van der Waals surface area contributed by atoms with Gasteiger partial charge in [0, 0.05) is 23.3 Å². The van der Waals surface area contributed by atoms with Gasteiger partial charge in [-0.05, 0) is 0 Å². The van der Waals surface area contributed by atoms with Crippen LogP contribution in [0.25, 0.3) is 0 Å². The molecule has 1 rings (SSSR count). The number of aromatic nitrogens is 1. The lowest BCUT2D eigenvalue weighted by Gasteiger charge is -1.89. The first-order valence-corrected chi connectivity index (χ1v) is 3.69. The number of hydrogen-bond acceptors (Lipinski definition) is 1. The zero-order chi connectivity index (χ0) is 6.69. The Morgan fingerprint density at radius 1 is 1.44 bits per heavy atom. The summed E-state index contributed by atoms with van der Waals surface area (Å²) in [5.74, 6) is 0. The van der Waals surface area contributed by atoms with E-state index in [-0.39, 0.29) is 0 Å². The molecule has 0 saturated carbocycles. The van der Waals surface area contributed by atoms with E-state index in [9.17, 15) is 0 Å². The normalized spacial score (nSPS) is 9.56. The summed E-state index contributed by atoms with van der Waals surface area (Å²) >= 11 is 1.51. The van der Waals surface area contributed by atoms with Crippen molar-refractivity contribution in [2.75, 3.05) is 0 Å². The number of aryl methyl sites for hydroxylation is 1. The predicted molar refractivity (Wildman–Crippen MR) is 38.8 cm³/mol. The van der Waals surface area contributed by atoms with Crippen LogP contribution in [0.4, 0.5) is 0 Å². The molecule has 0 fully saturated rings. The maximum absolute atomic E-state index is 3.69. The van der Waals surface area contributed by atoms with Gasteiger partial charge in [0.25, 0.3) is 0 Å². The fourth-order valence-electron chi connectivity index (χ4n) is 0.584. The van der Waals surface area contributed by atoms with Crippen molar-refractivity contribution < 1.29 is 4.57 Å². The third kappa shape index (κ3) is 1.72. The van der Waals surface area contributed by atoms with Gasteiger partial charge in [-0.1, -0.05) is 0 Å². The Morgan fingerprint density at radius 3 is 2.44 bits per heavy atom. The number of thioether (sulfide) groups is 1. The minimum atomic E-state index is 1.20. The summed E-state index contributed by atoms with van der Waals surface area (Å²) in [6.07, 6.45) is 7.71. The monoisotopic (exact) mass is 139 g/mol. The fourth-order valence-corrected chi connectivity index (χ4v) is 0.898. The van der Waals surface area contributed by atoms with E-state index in [1.165, 1.54) is 16.7 Å². The average molecular weight is 139 g/mol. The molecule has 1 heterocycles. The summed E-state index contributed by atoms with van der Waals surface area (Å²) in [4.78, 5) is 1.20. The summed E-state index contributed by atoms with van der Waals surface area (Å²) in [6, 6.07) is 4.08. The highest BCUT2D eigenvalue weighted by molar-refractivity contribution is 8.00. The van der Waals surface area contributed by atoms with Crippen LogP contribution in [0, 0.1) is 6.26 Å². The third-order valence-electron chi connectivity index (χ3n) is 1.11. The molecule has 0 spiro atoms. The Labute approximate surface area is 59.7 Å². The van der Waals surface area contributed by atoms with Crippen LogP contribution in [0.2, 0.25) is 0 Å². The lowest BCUT2D eigenvalue weighted by molar-refractivity contribution is -0.671. The van der Waals surface area contributed by atoms with E-state index in [0.717, 1.165) is 0 Å². The van der Waals surface area contributed by atoms with E-state index in [0.29, 0.717) is 0 Å². The molecule has 0 saturated heterocycles. The van der Waals surface area contributed by atoms with Gasteiger partial charge in [0.2, 0.25) is 0 Å². The van der Waals surface area contributed by atoms with Crippen LogP contribution in [0.1, 0.15) is 0 Å². The van der Waals surface area contributed by atoms with Crippen LogP contribution in [0.15, 0.2) is 29.4 Å². The molecular weight excluding hydrogens is 130 g/mol. The molecule has 0 aliphatic rings. The smallest absolute Gasteiger partial charge is 0.169 e. The highest BCUT2D eigenvalue weighted by atomic mass is 32.2. The van der Waals surface area contributed by atoms with Gasteiger partial charge in [-0.15, -0.1) is 11.8 Å². The standard InChI is InChI=1S/C7H9NS/c1-8-5-3-7(9-2)4-6-8/h3-6H,2H2,1H3/q+1. The molecule has 0 unspecified atom stereocenters. The van der Waals surface area contributed by atoms with Crippen LogP contribution < -0.4 is 4.57 Å². The quantitative estimate of drug-likeness (QED) is 0.420. The Morgan fingerprint density at radius 2 is 2.00 bits per heavy atom. The van der Waals surface area contributed by atoms with Crippen molar-refractivity contribution in [1.29, 1.82) is 0 Å². The van der Waals surface area contributed by atoms with Crippen molar-refractivity contribution in [3.63, 3.8) is 0 Å². The highest BCUT2D eigenvalue weighted by Crippen LogP contribution is 2.11. The number of pyridine rings is 1. The molecule has 0 bridgehead atoms. The summed E-state index contributed by atoms with van der Waals surface area (Å²) in [5, 5.41) is 0. The van der Waals surface area contributed by atoms with Crippen LogP contribution in [-0.4, -0.2) is 0 Å². The van der Waals surface area contributed by atoms with Crippen LogP contribution in [0.3, 0.4) is 0 Å². The number of hydrogen-bond donors (Lipinski definition) is 0. The van der Waals surface area contributed by atoms with E-state index in [1.807, 2.05) is 36.1 Å². The van der Waals surface area contributed by atoms with Crippen LogP contribution in [0.5, 0.6) is 0 Å². The van der Waals surface area contributed by atoms with Crippen molar-refractivity contribution in [1.82, 2.24) is 0 Å². The second-order valence-corrected chi connectivity index (χ2v) is 2.60. The maximum Gasteiger partial charge on any atom is 0.169 e. The summed E-state index contributed by atoms with van der Waals surface area (Å²) in [5.41, 5.74) is 0. The van der Waals surface area contributed by atoms with Crippen molar-refractivity contribution in [2.45, 2.75) is 4.90 Å². The Balaban J connectivity index is 2.88. The van der Waals surface area contributed by atoms with E-state index in [1.54, 1.807) is 0 Å². The second kappa shape index (κ2) is 2.87. The minimum Gasteiger partial charge on any atom is -0.208 e. The van der Waals surface area contributed by atoms with Gasteiger partial charge >= 0.3 is 0 Å². The average Bonchev–Trinajstić information content (AvgIpc) is 1.90. The van der Waals surface area contributed by atoms with E-state index < -0.39 is 0 Å². The molecule has 0 aromatic carbocycles. The van der Waals surface area contributed by atoms with Gasteiger partial charge in [0.15, 0.2) is 12.4 Å². The second-order valence-electron chi connectivity index (χ2n) is 1.84. The molecule has 1 radical (unpaired) electrons. The van der Waals surface area contributed by atoms with Gasteiger partial charge in [-0.25, -0.2) is 4.57 Å². The molecule has 0 aliphatic heterocycles. The topological polar surface area (TPSA) is 3.88 Å². The Hall–Kier alpha value is -0.500. The number of nitrogens with zero attached hydrogens (tertiary/aromatic N) is 1. The third-order valence-corrected chi connectivity index (χ3v) is 1.72. The first kappa shape index (κ1) is 6.62. The SMILES string of the molecule is [CH2]Sc1cc[n+](C)cc1. The van der Waals surface area contributed by atoms with Gasteiger partial charge in [-0.2, -0.15) is 0 Å². The van der Waals surface area contributed by atoms with E-state index in [4.69, 9.17) is 0 Å². The van der Waals surface area contributed by atoms with Gasteiger partial charge < -0.3 is 0 Å². The summed E-state index contributed by atoms with van der Waals surface area (Å²) < 4.78 is 2.00. The predicted octanol–water partition coefficient (Wildman–Crippen LogP) is 1.39. The van der Waals surface area contributed by atoms with Crippen LogP contribution in [-0.2, 0) is 7.05 Å². The maximum atomic E-state index is 3.69. The molecular formula is C7H9NS+. The lowest BCUT2D eigenvalue weighted by Crippen LogP contribution is -2.25. The Kier molecular flexibility index (Phi) is 2.11. The summed E-state index contributed by atoms with van der Waals surface area (Å²) in [7, 11) is 2.00.